The van der Waals surface area contributed by atoms with Crippen molar-refractivity contribution in [3.05, 3.63) is 28.2 Å². The highest BCUT2D eigenvalue weighted by Crippen LogP contribution is 2.23. The fourth-order valence-corrected chi connectivity index (χ4v) is 2.98. The standard InChI is InChI=1S/C14H19BrN2O/c15-12-6-11(7-13(16)8-12)14(18)17-9-10-4-2-1-3-5-10/h6-8,10H,1-5,9,16H2,(H,17,18). The SMILES string of the molecule is Nc1cc(Br)cc(C(=O)NCC2CCCCC2)c1. The molecule has 3 nitrogen and oxygen atoms in total. The molecule has 0 aromatic heterocycles. The van der Waals surface area contributed by atoms with E-state index in [9.17, 15) is 4.79 Å². The van der Waals surface area contributed by atoms with E-state index in [0.717, 1.165) is 11.0 Å². The van der Waals surface area contributed by atoms with Crippen LogP contribution in [0.25, 0.3) is 0 Å². The number of halogens is 1. The molecule has 1 saturated carbocycles. The van der Waals surface area contributed by atoms with Crippen LogP contribution in [-0.4, -0.2) is 12.5 Å². The van der Waals surface area contributed by atoms with Crippen LogP contribution in [0.15, 0.2) is 22.7 Å². The molecule has 1 aliphatic rings. The average molecular weight is 311 g/mol. The van der Waals surface area contributed by atoms with Crippen LogP contribution in [0.1, 0.15) is 42.5 Å². The zero-order valence-corrected chi connectivity index (χ0v) is 12.0. The van der Waals surface area contributed by atoms with Crippen LogP contribution >= 0.6 is 15.9 Å². The van der Waals surface area contributed by atoms with E-state index in [1.165, 1.54) is 32.1 Å². The number of hydrogen-bond acceptors (Lipinski definition) is 2. The maximum atomic E-state index is 12.0. The molecule has 0 heterocycles. The van der Waals surface area contributed by atoms with Crippen molar-refractivity contribution >= 4 is 27.5 Å². The second-order valence-corrected chi connectivity index (χ2v) is 5.90. The summed E-state index contributed by atoms with van der Waals surface area (Å²) >= 11 is 3.35. The Morgan fingerprint density at radius 3 is 2.67 bits per heavy atom. The number of nitrogen functional groups attached to an aromatic ring is 1. The summed E-state index contributed by atoms with van der Waals surface area (Å²) in [5.74, 6) is 0.612. The molecule has 4 heteroatoms. The Kier molecular flexibility index (Phi) is 4.64. The molecule has 1 aromatic carbocycles. The number of amides is 1. The van der Waals surface area contributed by atoms with Crippen LogP contribution < -0.4 is 11.1 Å². The minimum atomic E-state index is -0.0337. The third kappa shape index (κ3) is 3.73. The summed E-state index contributed by atoms with van der Waals surface area (Å²) in [6.07, 6.45) is 6.41. The molecule has 0 spiro atoms. The second-order valence-electron chi connectivity index (χ2n) is 4.99. The quantitative estimate of drug-likeness (QED) is 0.841. The van der Waals surface area contributed by atoms with Gasteiger partial charge in [0.2, 0.25) is 0 Å². The molecule has 0 radical (unpaired) electrons. The largest absolute Gasteiger partial charge is 0.399 e. The van der Waals surface area contributed by atoms with E-state index < -0.39 is 0 Å². The number of carbonyl (C=O) groups is 1. The van der Waals surface area contributed by atoms with Crippen molar-refractivity contribution in [2.24, 2.45) is 5.92 Å². The van der Waals surface area contributed by atoms with Gasteiger partial charge in [-0.1, -0.05) is 35.2 Å². The highest BCUT2D eigenvalue weighted by atomic mass is 79.9. The number of benzene rings is 1. The number of hydrogen-bond donors (Lipinski definition) is 2. The Hall–Kier alpha value is -1.03. The van der Waals surface area contributed by atoms with Crippen molar-refractivity contribution in [3.8, 4) is 0 Å². The molecule has 98 valence electrons. The molecule has 0 bridgehead atoms. The van der Waals surface area contributed by atoms with E-state index in [4.69, 9.17) is 5.73 Å². The van der Waals surface area contributed by atoms with Gasteiger partial charge < -0.3 is 11.1 Å². The third-order valence-corrected chi connectivity index (χ3v) is 3.92. The van der Waals surface area contributed by atoms with E-state index >= 15 is 0 Å². The molecule has 0 unspecified atom stereocenters. The van der Waals surface area contributed by atoms with Gasteiger partial charge >= 0.3 is 0 Å². The molecule has 1 aliphatic carbocycles. The fraction of sp³-hybridized carbons (Fsp3) is 0.500. The summed E-state index contributed by atoms with van der Waals surface area (Å²) in [5.41, 5.74) is 6.95. The fourth-order valence-electron chi connectivity index (χ4n) is 2.47. The Morgan fingerprint density at radius 1 is 1.28 bits per heavy atom. The molecule has 0 atom stereocenters. The maximum Gasteiger partial charge on any atom is 0.251 e. The number of anilines is 1. The predicted molar refractivity (Wildman–Crippen MR) is 77.5 cm³/mol. The minimum Gasteiger partial charge on any atom is -0.399 e. The number of carbonyl (C=O) groups excluding carboxylic acids is 1. The van der Waals surface area contributed by atoms with E-state index in [1.807, 2.05) is 0 Å². The molecule has 18 heavy (non-hydrogen) atoms. The van der Waals surface area contributed by atoms with Crippen LogP contribution in [0.3, 0.4) is 0 Å². The number of rotatable bonds is 3. The maximum absolute atomic E-state index is 12.0. The molecule has 0 aliphatic heterocycles. The highest BCUT2D eigenvalue weighted by Gasteiger charge is 2.15. The molecular weight excluding hydrogens is 292 g/mol. The van der Waals surface area contributed by atoms with Gasteiger partial charge in [-0.15, -0.1) is 0 Å². The van der Waals surface area contributed by atoms with Gasteiger partial charge in [-0.25, -0.2) is 0 Å². The van der Waals surface area contributed by atoms with Gasteiger partial charge in [-0.3, -0.25) is 4.79 Å². The monoisotopic (exact) mass is 310 g/mol. The van der Waals surface area contributed by atoms with E-state index in [-0.39, 0.29) is 5.91 Å². The van der Waals surface area contributed by atoms with Crippen molar-refractivity contribution in [1.29, 1.82) is 0 Å². The van der Waals surface area contributed by atoms with Gasteiger partial charge in [0, 0.05) is 22.3 Å². The van der Waals surface area contributed by atoms with Gasteiger partial charge in [0.1, 0.15) is 0 Å². The van der Waals surface area contributed by atoms with E-state index in [2.05, 4.69) is 21.2 Å². The van der Waals surface area contributed by atoms with Crippen LogP contribution in [-0.2, 0) is 0 Å². The minimum absolute atomic E-state index is 0.0337. The van der Waals surface area contributed by atoms with Gasteiger partial charge in [-0.2, -0.15) is 0 Å². The van der Waals surface area contributed by atoms with Crippen LogP contribution in [0.2, 0.25) is 0 Å². The van der Waals surface area contributed by atoms with E-state index in [1.54, 1.807) is 18.2 Å². The van der Waals surface area contributed by atoms with Gasteiger partial charge in [-0.05, 0) is 37.0 Å². The first-order valence-electron chi connectivity index (χ1n) is 6.49. The van der Waals surface area contributed by atoms with Crippen molar-refractivity contribution in [2.45, 2.75) is 32.1 Å². The summed E-state index contributed by atoms with van der Waals surface area (Å²) in [7, 11) is 0. The van der Waals surface area contributed by atoms with Gasteiger partial charge in [0.15, 0.2) is 0 Å². The van der Waals surface area contributed by atoms with Crippen LogP contribution in [0.4, 0.5) is 5.69 Å². The zero-order chi connectivity index (χ0) is 13.0. The molecule has 1 amide bonds. The van der Waals surface area contributed by atoms with Crippen LogP contribution in [0, 0.1) is 5.92 Å². The lowest BCUT2D eigenvalue weighted by Gasteiger charge is -2.21. The highest BCUT2D eigenvalue weighted by molar-refractivity contribution is 9.10. The Bertz CT molecular complexity index is 408. The van der Waals surface area contributed by atoms with Crippen molar-refractivity contribution in [1.82, 2.24) is 5.32 Å². The number of nitrogens with one attached hydrogen (secondary N) is 1. The molecule has 0 saturated heterocycles. The summed E-state index contributed by atoms with van der Waals surface area (Å²) in [6, 6.07) is 5.30. The lowest BCUT2D eigenvalue weighted by molar-refractivity contribution is 0.0943. The van der Waals surface area contributed by atoms with Crippen molar-refractivity contribution < 1.29 is 4.79 Å². The first-order chi connectivity index (χ1) is 8.65. The Balaban J connectivity index is 1.90. The van der Waals surface area contributed by atoms with Gasteiger partial charge in [0.25, 0.3) is 5.91 Å². The van der Waals surface area contributed by atoms with Crippen molar-refractivity contribution in [3.63, 3.8) is 0 Å². The Morgan fingerprint density at radius 2 is 2.00 bits per heavy atom. The van der Waals surface area contributed by atoms with E-state index in [0.29, 0.717) is 17.2 Å². The Labute approximate surface area is 116 Å². The topological polar surface area (TPSA) is 55.1 Å². The third-order valence-electron chi connectivity index (χ3n) is 3.46. The molecule has 3 N–H and O–H groups in total. The summed E-state index contributed by atoms with van der Waals surface area (Å²) in [4.78, 5) is 12.0. The van der Waals surface area contributed by atoms with Gasteiger partial charge in [0.05, 0.1) is 0 Å². The normalized spacial score (nSPS) is 16.5. The smallest absolute Gasteiger partial charge is 0.251 e. The van der Waals surface area contributed by atoms with Crippen LogP contribution in [0.5, 0.6) is 0 Å². The zero-order valence-electron chi connectivity index (χ0n) is 10.4. The lowest BCUT2D eigenvalue weighted by Crippen LogP contribution is -2.30. The lowest BCUT2D eigenvalue weighted by atomic mass is 9.89. The first kappa shape index (κ1) is 13.4. The number of nitrogens with two attached hydrogens (primary N) is 1. The summed E-state index contributed by atoms with van der Waals surface area (Å²) in [5, 5.41) is 3.01. The molecule has 2 rings (SSSR count). The predicted octanol–water partition coefficient (Wildman–Crippen LogP) is 3.34. The second kappa shape index (κ2) is 6.23. The average Bonchev–Trinajstić information content (AvgIpc) is 2.36. The molecule has 1 fully saturated rings. The first-order valence-corrected chi connectivity index (χ1v) is 7.29. The summed E-state index contributed by atoms with van der Waals surface area (Å²) < 4.78 is 0.838. The molecular formula is C14H19BrN2O. The summed E-state index contributed by atoms with van der Waals surface area (Å²) in [6.45, 7) is 0.783. The van der Waals surface area contributed by atoms with Crippen molar-refractivity contribution in [2.75, 3.05) is 12.3 Å². The molecule has 1 aromatic rings.